The van der Waals surface area contributed by atoms with Gasteiger partial charge in [-0.25, -0.2) is 0 Å². The van der Waals surface area contributed by atoms with E-state index in [1.807, 2.05) is 19.1 Å². The molecule has 0 radical (unpaired) electrons. The zero-order valence-corrected chi connectivity index (χ0v) is 14.5. The van der Waals surface area contributed by atoms with Gasteiger partial charge in [0, 0.05) is 6.92 Å². The molecule has 1 rings (SSSR count). The molecule has 24 heavy (non-hydrogen) atoms. The number of hydrogen-bond acceptors (Lipinski definition) is 6. The molecule has 0 spiro atoms. The standard InChI is InChI=1S/C18H26O6/c1-4-22-18(21)12-17-16(20)11-10-15(24-17)9-7-5-6-8-13(2)23-14(3)19/h7,9-11,13,15,17H,4-6,8,12H2,1-3H3/b9-7+/t13-,15-,17-/m1/s1. The van der Waals surface area contributed by atoms with E-state index in [4.69, 9.17) is 14.2 Å². The summed E-state index contributed by atoms with van der Waals surface area (Å²) in [6.45, 7) is 5.26. The number of rotatable bonds is 9. The molecule has 0 amide bonds. The van der Waals surface area contributed by atoms with Crippen LogP contribution in [0.15, 0.2) is 24.3 Å². The fraction of sp³-hybridized carbons (Fsp3) is 0.611. The number of ketones is 1. The molecular formula is C18H26O6. The summed E-state index contributed by atoms with van der Waals surface area (Å²) in [4.78, 5) is 34.0. The number of unbranched alkanes of at least 4 members (excludes halogenated alkanes) is 1. The molecule has 0 N–H and O–H groups in total. The molecule has 1 aliphatic rings. The average Bonchev–Trinajstić information content (AvgIpc) is 2.49. The molecule has 6 nitrogen and oxygen atoms in total. The smallest absolute Gasteiger partial charge is 0.308 e. The Kier molecular flexibility index (Phi) is 9.01. The zero-order valence-electron chi connectivity index (χ0n) is 14.5. The van der Waals surface area contributed by atoms with Crippen LogP contribution in [0.2, 0.25) is 0 Å². The molecule has 1 heterocycles. The highest BCUT2D eigenvalue weighted by Crippen LogP contribution is 2.15. The van der Waals surface area contributed by atoms with Crippen molar-refractivity contribution in [2.45, 2.75) is 64.8 Å². The number of esters is 2. The van der Waals surface area contributed by atoms with Crippen LogP contribution in [0.5, 0.6) is 0 Å². The van der Waals surface area contributed by atoms with Gasteiger partial charge in [0.05, 0.1) is 25.2 Å². The van der Waals surface area contributed by atoms with Crippen LogP contribution in [-0.2, 0) is 28.6 Å². The summed E-state index contributed by atoms with van der Waals surface area (Å²) in [5.74, 6) is -0.924. The van der Waals surface area contributed by atoms with Crippen LogP contribution in [-0.4, -0.2) is 42.6 Å². The summed E-state index contributed by atoms with van der Waals surface area (Å²) in [5, 5.41) is 0. The molecule has 0 aliphatic carbocycles. The molecule has 0 aromatic heterocycles. The summed E-state index contributed by atoms with van der Waals surface area (Å²) in [6, 6.07) is 0. The highest BCUT2D eigenvalue weighted by Gasteiger charge is 2.26. The second-order valence-electron chi connectivity index (χ2n) is 5.64. The Bertz CT molecular complexity index is 494. The highest BCUT2D eigenvalue weighted by atomic mass is 16.5. The lowest BCUT2D eigenvalue weighted by Gasteiger charge is -2.22. The van der Waals surface area contributed by atoms with Gasteiger partial charge in [-0.15, -0.1) is 0 Å². The molecular weight excluding hydrogens is 312 g/mol. The van der Waals surface area contributed by atoms with E-state index < -0.39 is 12.1 Å². The maximum Gasteiger partial charge on any atom is 0.308 e. The summed E-state index contributed by atoms with van der Waals surface area (Å²) < 4.78 is 15.5. The predicted octanol–water partition coefficient (Wildman–Crippen LogP) is 2.51. The first-order valence-corrected chi connectivity index (χ1v) is 8.29. The normalized spacial score (nSPS) is 21.7. The third-order valence-electron chi connectivity index (χ3n) is 3.42. The quantitative estimate of drug-likeness (QED) is 0.365. The zero-order chi connectivity index (χ0) is 17.9. The first kappa shape index (κ1) is 20.1. The molecule has 3 atom stereocenters. The van der Waals surface area contributed by atoms with Crippen LogP contribution in [0, 0.1) is 0 Å². The number of carbonyl (C=O) groups excluding carboxylic acids is 3. The van der Waals surface area contributed by atoms with Crippen molar-refractivity contribution in [3.05, 3.63) is 24.3 Å². The van der Waals surface area contributed by atoms with Crippen molar-refractivity contribution in [2.24, 2.45) is 0 Å². The van der Waals surface area contributed by atoms with Crippen LogP contribution >= 0.6 is 0 Å². The van der Waals surface area contributed by atoms with E-state index in [0.717, 1.165) is 19.3 Å². The second-order valence-corrected chi connectivity index (χ2v) is 5.64. The molecule has 0 saturated heterocycles. The highest BCUT2D eigenvalue weighted by molar-refractivity contribution is 5.96. The minimum Gasteiger partial charge on any atom is -0.466 e. The number of allylic oxidation sites excluding steroid dienone is 1. The fourth-order valence-corrected chi connectivity index (χ4v) is 2.32. The van der Waals surface area contributed by atoms with E-state index >= 15 is 0 Å². The Morgan fingerprint density at radius 2 is 2.17 bits per heavy atom. The minimum atomic E-state index is -0.785. The first-order chi connectivity index (χ1) is 11.4. The Hall–Kier alpha value is -1.95. The Balaban J connectivity index is 2.34. The maximum atomic E-state index is 11.7. The largest absolute Gasteiger partial charge is 0.466 e. The Morgan fingerprint density at radius 3 is 2.83 bits per heavy atom. The van der Waals surface area contributed by atoms with Gasteiger partial charge in [0.1, 0.15) is 6.10 Å². The van der Waals surface area contributed by atoms with Crippen molar-refractivity contribution in [3.63, 3.8) is 0 Å². The lowest BCUT2D eigenvalue weighted by Crippen LogP contribution is -2.33. The topological polar surface area (TPSA) is 78.9 Å². The van der Waals surface area contributed by atoms with Crippen molar-refractivity contribution >= 4 is 17.7 Å². The van der Waals surface area contributed by atoms with Gasteiger partial charge >= 0.3 is 11.9 Å². The number of hydrogen-bond donors (Lipinski definition) is 0. The summed E-state index contributed by atoms with van der Waals surface area (Å²) in [7, 11) is 0. The van der Waals surface area contributed by atoms with Crippen molar-refractivity contribution < 1.29 is 28.6 Å². The van der Waals surface area contributed by atoms with Gasteiger partial charge in [-0.3, -0.25) is 14.4 Å². The van der Waals surface area contributed by atoms with Gasteiger partial charge in [0.2, 0.25) is 0 Å². The van der Waals surface area contributed by atoms with E-state index in [9.17, 15) is 14.4 Å². The summed E-state index contributed by atoms with van der Waals surface area (Å²) >= 11 is 0. The first-order valence-electron chi connectivity index (χ1n) is 8.29. The Labute approximate surface area is 142 Å². The van der Waals surface area contributed by atoms with Crippen molar-refractivity contribution in [1.82, 2.24) is 0 Å². The van der Waals surface area contributed by atoms with Gasteiger partial charge in [-0.05, 0) is 45.3 Å². The predicted molar refractivity (Wildman–Crippen MR) is 88.3 cm³/mol. The van der Waals surface area contributed by atoms with Crippen LogP contribution in [0.1, 0.15) is 46.5 Å². The SMILES string of the molecule is CCOC(=O)C[C@H]1O[C@H](/C=C/CCC[C@@H](C)OC(C)=O)C=CC1=O. The molecule has 0 saturated carbocycles. The van der Waals surface area contributed by atoms with Gasteiger partial charge in [0.25, 0.3) is 0 Å². The van der Waals surface area contributed by atoms with Gasteiger partial charge in [-0.2, -0.15) is 0 Å². The van der Waals surface area contributed by atoms with E-state index in [-0.39, 0.29) is 37.0 Å². The molecule has 0 bridgehead atoms. The van der Waals surface area contributed by atoms with Gasteiger partial charge in [-0.1, -0.05) is 12.2 Å². The van der Waals surface area contributed by atoms with Crippen LogP contribution in [0.4, 0.5) is 0 Å². The van der Waals surface area contributed by atoms with Crippen molar-refractivity contribution in [2.75, 3.05) is 6.61 Å². The Morgan fingerprint density at radius 1 is 1.42 bits per heavy atom. The van der Waals surface area contributed by atoms with Crippen molar-refractivity contribution in [1.29, 1.82) is 0 Å². The van der Waals surface area contributed by atoms with Crippen molar-refractivity contribution in [3.8, 4) is 0 Å². The molecule has 0 aromatic carbocycles. The monoisotopic (exact) mass is 338 g/mol. The van der Waals surface area contributed by atoms with E-state index in [2.05, 4.69) is 0 Å². The van der Waals surface area contributed by atoms with Crippen LogP contribution in [0.25, 0.3) is 0 Å². The number of ether oxygens (including phenoxy) is 3. The van der Waals surface area contributed by atoms with E-state index in [1.54, 1.807) is 13.0 Å². The molecule has 0 fully saturated rings. The molecule has 1 aliphatic heterocycles. The van der Waals surface area contributed by atoms with Gasteiger partial charge in [0.15, 0.2) is 5.78 Å². The number of carbonyl (C=O) groups is 3. The lowest BCUT2D eigenvalue weighted by molar-refractivity contribution is -0.150. The minimum absolute atomic E-state index is 0.0682. The maximum absolute atomic E-state index is 11.7. The molecule has 0 unspecified atom stereocenters. The van der Waals surface area contributed by atoms with Crippen LogP contribution < -0.4 is 0 Å². The third-order valence-corrected chi connectivity index (χ3v) is 3.42. The molecule has 134 valence electrons. The summed E-state index contributed by atoms with van der Waals surface area (Å²) in [5.41, 5.74) is 0. The molecule has 6 heteroatoms. The fourth-order valence-electron chi connectivity index (χ4n) is 2.32. The van der Waals surface area contributed by atoms with Gasteiger partial charge < -0.3 is 14.2 Å². The summed E-state index contributed by atoms with van der Waals surface area (Å²) in [6.07, 6.45) is 8.16. The second kappa shape index (κ2) is 10.8. The molecule has 0 aromatic rings. The average molecular weight is 338 g/mol. The van der Waals surface area contributed by atoms with E-state index in [1.165, 1.54) is 13.0 Å². The third kappa shape index (κ3) is 8.06. The lowest BCUT2D eigenvalue weighted by atomic mass is 10.1. The van der Waals surface area contributed by atoms with Crippen LogP contribution in [0.3, 0.4) is 0 Å². The van der Waals surface area contributed by atoms with E-state index in [0.29, 0.717) is 0 Å².